The fourth-order valence-electron chi connectivity index (χ4n) is 8.08. The molecule has 1 saturated heterocycles. The fourth-order valence-corrected chi connectivity index (χ4v) is 8.08. The van der Waals surface area contributed by atoms with E-state index in [-0.39, 0.29) is 30.4 Å². The zero-order chi connectivity index (χ0) is 25.2. The van der Waals surface area contributed by atoms with E-state index >= 15 is 0 Å². The first-order chi connectivity index (χ1) is 16.5. The first-order valence-electron chi connectivity index (χ1n) is 13.0. The minimum absolute atomic E-state index is 0.00214. The van der Waals surface area contributed by atoms with Crippen LogP contribution < -0.4 is 0 Å². The number of aliphatic hydroxyl groups is 2. The van der Waals surface area contributed by atoms with Crippen LogP contribution in [0.4, 0.5) is 0 Å². The summed E-state index contributed by atoms with van der Waals surface area (Å²) >= 11 is 0. The number of likely N-dealkylation sites (tertiary alicyclic amines) is 1. The van der Waals surface area contributed by atoms with Crippen LogP contribution in [0, 0.1) is 28.6 Å². The number of amides is 1. The van der Waals surface area contributed by atoms with E-state index in [0.717, 1.165) is 43.4 Å². The molecular weight excluding hydrogens is 448 g/mol. The highest BCUT2D eigenvalue weighted by atomic mass is 16.6. The Kier molecular flexibility index (Phi) is 5.91. The third-order valence-electron chi connectivity index (χ3n) is 10.4. The number of carbonyl (C=O) groups is 2. The molecule has 1 amide bonds. The van der Waals surface area contributed by atoms with Gasteiger partial charge in [-0.25, -0.2) is 4.79 Å². The third-order valence-corrected chi connectivity index (χ3v) is 10.4. The maximum Gasteiger partial charge on any atom is 0.326 e. The Bertz CT molecular complexity index is 1000. The van der Waals surface area contributed by atoms with Gasteiger partial charge >= 0.3 is 5.97 Å². The van der Waals surface area contributed by atoms with Crippen LogP contribution in [-0.4, -0.2) is 68.7 Å². The van der Waals surface area contributed by atoms with Crippen molar-refractivity contribution in [3.63, 3.8) is 0 Å². The molecular formula is C27H38N2O6. The lowest BCUT2D eigenvalue weighted by atomic mass is 9.47. The highest BCUT2D eigenvalue weighted by Gasteiger charge is 2.62. The molecule has 4 fully saturated rings. The molecule has 4 aliphatic carbocycles. The number of oxime groups is 1. The predicted octanol–water partition coefficient (Wildman–Crippen LogP) is 2.90. The zero-order valence-corrected chi connectivity index (χ0v) is 20.9. The number of carbonyl (C=O) groups excluding carboxylic acids is 1. The first kappa shape index (κ1) is 24.5. The number of rotatable bonds is 4. The Morgan fingerprint density at radius 3 is 2.66 bits per heavy atom. The van der Waals surface area contributed by atoms with Crippen LogP contribution in [-0.2, 0) is 14.4 Å². The monoisotopic (exact) mass is 486 g/mol. The molecule has 0 aromatic rings. The molecule has 8 heteroatoms. The van der Waals surface area contributed by atoms with Gasteiger partial charge in [0.05, 0.1) is 11.7 Å². The van der Waals surface area contributed by atoms with E-state index in [4.69, 9.17) is 4.84 Å². The van der Waals surface area contributed by atoms with Gasteiger partial charge in [-0.1, -0.05) is 30.7 Å². The maximum atomic E-state index is 12.5. The number of allylic oxidation sites excluding steroid dienone is 4. The molecule has 5 aliphatic rings. The number of fused-ring (bicyclic) bond motifs is 5. The lowest BCUT2D eigenvalue weighted by molar-refractivity contribution is -0.150. The molecule has 0 aromatic carbocycles. The Morgan fingerprint density at radius 1 is 1.17 bits per heavy atom. The van der Waals surface area contributed by atoms with Crippen LogP contribution in [0.15, 0.2) is 29.0 Å². The zero-order valence-electron chi connectivity index (χ0n) is 20.9. The summed E-state index contributed by atoms with van der Waals surface area (Å²) in [7, 11) is 0. The number of β-amino-alcohol motifs (C(OH)–C–C–N with tert-alkyl or cyclic N) is 1. The average molecular weight is 487 g/mol. The second-order valence-electron chi connectivity index (χ2n) is 12.0. The maximum absolute atomic E-state index is 12.5. The normalized spacial score (nSPS) is 45.5. The second-order valence-corrected chi connectivity index (χ2v) is 12.0. The van der Waals surface area contributed by atoms with Crippen LogP contribution in [0.5, 0.6) is 0 Å². The fraction of sp³-hybridized carbons (Fsp3) is 0.741. The number of carboxylic acids is 1. The summed E-state index contributed by atoms with van der Waals surface area (Å²) in [5.74, 6) is 0.101. The van der Waals surface area contributed by atoms with Gasteiger partial charge in [0, 0.05) is 18.4 Å². The van der Waals surface area contributed by atoms with Gasteiger partial charge in [0.1, 0.15) is 11.8 Å². The number of hydrogen-bond acceptors (Lipinski definition) is 6. The summed E-state index contributed by atoms with van der Waals surface area (Å²) in [6.45, 7) is 6.30. The van der Waals surface area contributed by atoms with Gasteiger partial charge in [-0.05, 0) is 80.8 Å². The smallest absolute Gasteiger partial charge is 0.326 e. The summed E-state index contributed by atoms with van der Waals surface area (Å²) in [5.41, 5.74) is 1.39. The van der Waals surface area contributed by atoms with Gasteiger partial charge in [-0.2, -0.15) is 0 Å². The van der Waals surface area contributed by atoms with E-state index in [1.54, 1.807) is 0 Å². The van der Waals surface area contributed by atoms with Crippen molar-refractivity contribution >= 4 is 17.6 Å². The summed E-state index contributed by atoms with van der Waals surface area (Å²) in [6, 6.07) is -1.03. The van der Waals surface area contributed by atoms with Crippen molar-refractivity contribution < 1.29 is 29.7 Å². The van der Waals surface area contributed by atoms with Crippen LogP contribution in [0.3, 0.4) is 0 Å². The van der Waals surface area contributed by atoms with Gasteiger partial charge in [0.25, 0.3) is 5.91 Å². The van der Waals surface area contributed by atoms with Crippen molar-refractivity contribution in [3.8, 4) is 0 Å². The van der Waals surface area contributed by atoms with Gasteiger partial charge < -0.3 is 25.1 Å². The Hall–Kier alpha value is -2.19. The Morgan fingerprint density at radius 2 is 1.91 bits per heavy atom. The predicted molar refractivity (Wildman–Crippen MR) is 129 cm³/mol. The molecule has 1 aliphatic heterocycles. The van der Waals surface area contributed by atoms with Crippen molar-refractivity contribution in [3.05, 3.63) is 23.8 Å². The quantitative estimate of drug-likeness (QED) is 0.526. The number of aliphatic hydroxyl groups excluding tert-OH is 1. The van der Waals surface area contributed by atoms with Crippen molar-refractivity contribution in [1.82, 2.24) is 4.90 Å². The van der Waals surface area contributed by atoms with E-state index in [1.807, 2.05) is 13.0 Å². The van der Waals surface area contributed by atoms with E-state index in [0.29, 0.717) is 23.5 Å². The van der Waals surface area contributed by atoms with Crippen molar-refractivity contribution in [2.45, 2.75) is 83.5 Å². The first-order valence-corrected chi connectivity index (χ1v) is 13.0. The molecule has 35 heavy (non-hydrogen) atoms. The van der Waals surface area contributed by atoms with Gasteiger partial charge in [-0.3, -0.25) is 4.79 Å². The number of hydrogen-bond donors (Lipinski definition) is 3. The van der Waals surface area contributed by atoms with Gasteiger partial charge in [-0.15, -0.1) is 0 Å². The highest BCUT2D eigenvalue weighted by molar-refractivity contribution is 6.05. The van der Waals surface area contributed by atoms with E-state index in [1.165, 1.54) is 5.57 Å². The molecule has 0 bridgehead atoms. The molecule has 3 saturated carbocycles. The largest absolute Gasteiger partial charge is 0.480 e. The minimum Gasteiger partial charge on any atom is -0.480 e. The molecule has 8 atom stereocenters. The Labute approximate surface area is 206 Å². The van der Waals surface area contributed by atoms with Crippen molar-refractivity contribution in [1.29, 1.82) is 0 Å². The Balaban J connectivity index is 1.25. The topological polar surface area (TPSA) is 120 Å². The number of aliphatic carboxylic acids is 1. The van der Waals surface area contributed by atoms with Crippen molar-refractivity contribution in [2.75, 3.05) is 13.2 Å². The summed E-state index contributed by atoms with van der Waals surface area (Å²) in [4.78, 5) is 30.3. The molecule has 3 N–H and O–H groups in total. The molecule has 0 radical (unpaired) electrons. The van der Waals surface area contributed by atoms with Gasteiger partial charge in [0.2, 0.25) is 0 Å². The standard InChI is InChI=1S/C27H38N2O6/c1-25-9-6-17(28-35-15-23(31)29-14-18(30)13-22(29)24(32)33)12-16(25)4-5-19-20(25)7-10-26(2)21(19)8-11-27(26,3)34/h6,9,12,18-22,30,34H,4-5,7-8,10-11,13-15H2,1-3H3,(H,32,33)/b28-17-/t18-,19+,20+,21+,22-,25+,26+,27+/m1/s1. The SMILES string of the molecule is C[C@]12C=C/C(=N/OCC(=O)N3C[C@H](O)C[C@@H]3C(=O)O)C=C1CC[C@H]1[C@@H]2CC[C@@]2(C)[C@H]1CC[C@]2(C)O. The molecule has 0 unspecified atom stereocenters. The number of carboxylic acid groups (broad SMARTS) is 1. The molecule has 0 spiro atoms. The summed E-state index contributed by atoms with van der Waals surface area (Å²) in [6.07, 6.45) is 11.8. The van der Waals surface area contributed by atoms with Crippen molar-refractivity contribution in [2.24, 2.45) is 33.7 Å². The van der Waals surface area contributed by atoms with Gasteiger partial charge in [0.15, 0.2) is 6.61 Å². The van der Waals surface area contributed by atoms with E-state index in [9.17, 15) is 24.9 Å². The molecule has 1 heterocycles. The van der Waals surface area contributed by atoms with E-state index < -0.39 is 29.6 Å². The molecule has 0 aromatic heterocycles. The highest BCUT2D eigenvalue weighted by Crippen LogP contribution is 2.66. The summed E-state index contributed by atoms with van der Waals surface area (Å²) in [5, 5.41) is 34.3. The third kappa shape index (κ3) is 3.84. The van der Waals surface area contributed by atoms with Crippen LogP contribution in [0.1, 0.15) is 65.7 Å². The minimum atomic E-state index is -1.12. The summed E-state index contributed by atoms with van der Waals surface area (Å²) < 4.78 is 0. The molecule has 5 rings (SSSR count). The average Bonchev–Trinajstić information content (AvgIpc) is 3.31. The lowest BCUT2D eigenvalue weighted by Crippen LogP contribution is -2.53. The van der Waals surface area contributed by atoms with E-state index in [2.05, 4.69) is 31.2 Å². The molecule has 8 nitrogen and oxygen atoms in total. The lowest BCUT2D eigenvalue weighted by Gasteiger charge is -2.58. The van der Waals surface area contributed by atoms with Crippen LogP contribution in [0.2, 0.25) is 0 Å². The second kappa shape index (κ2) is 8.44. The number of nitrogens with zero attached hydrogens (tertiary/aromatic N) is 2. The van der Waals surface area contributed by atoms with Crippen LogP contribution in [0.25, 0.3) is 0 Å². The van der Waals surface area contributed by atoms with Crippen LogP contribution >= 0.6 is 0 Å². The molecule has 192 valence electrons.